The monoisotopic (exact) mass is 1060 g/mol. The fraction of sp³-hybridized carbons (Fsp3) is 0.900. The molecule has 0 aromatic rings. The average Bonchev–Trinajstić information content (AvgIpc) is 3.02. The molecule has 14 nitrogen and oxygen atoms in total. The molecule has 0 radical (unpaired) electrons. The third-order valence-corrected chi connectivity index (χ3v) is 12.2. The average molecular weight is 1070 g/mol. The van der Waals surface area contributed by atoms with Gasteiger partial charge in [-0.25, -0.2) is 0 Å². The van der Waals surface area contributed by atoms with Crippen LogP contribution in [0.15, 0.2) is 0 Å². The van der Waals surface area contributed by atoms with Gasteiger partial charge in [0.25, 0.3) is 0 Å². The van der Waals surface area contributed by atoms with E-state index in [0.29, 0.717) is 25.7 Å². The van der Waals surface area contributed by atoms with E-state index in [1.165, 1.54) is 13.8 Å². The summed E-state index contributed by atoms with van der Waals surface area (Å²) in [7, 11) is 0. The zero-order valence-corrected chi connectivity index (χ0v) is 34.5. The quantitative estimate of drug-likeness (QED) is 0.100. The molecule has 3 heterocycles. The molecule has 0 unspecified atom stereocenters. The molecule has 1 amide bonds. The van der Waals surface area contributed by atoms with Crippen molar-refractivity contribution in [3.63, 3.8) is 0 Å². The number of ether oxygens (including phenoxy) is 8. The first-order valence-corrected chi connectivity index (χ1v) is 19.9. The maximum absolute atomic E-state index is 12.3. The summed E-state index contributed by atoms with van der Waals surface area (Å²) < 4.78 is 83.6. The molecule has 3 rings (SSSR count). The van der Waals surface area contributed by atoms with Crippen molar-refractivity contribution in [3.8, 4) is 0 Å². The number of nitrogens with one attached hydrogen (secondary N) is 1. The number of esters is 2. The topological polar surface area (TPSA) is 178 Å². The first kappa shape index (κ1) is 44.5. The lowest BCUT2D eigenvalue weighted by Crippen LogP contribution is -2.64. The predicted molar refractivity (Wildman–Crippen MR) is 193 cm³/mol. The Balaban J connectivity index is 1.64. The highest BCUT2D eigenvalue weighted by Gasteiger charge is 2.54. The van der Waals surface area contributed by atoms with Crippen LogP contribution in [0.5, 0.6) is 0 Å². The van der Waals surface area contributed by atoms with Crippen molar-refractivity contribution in [1.82, 2.24) is 5.32 Å². The van der Waals surface area contributed by atoms with E-state index in [4.69, 9.17) is 37.9 Å². The van der Waals surface area contributed by atoms with Gasteiger partial charge in [0.2, 0.25) is 0 Å². The molecular weight excluding hydrogens is 1020 g/mol. The Bertz CT molecular complexity index is 1130. The summed E-state index contributed by atoms with van der Waals surface area (Å²) in [5.41, 5.74) is 0. The third kappa shape index (κ3) is 12.3. The summed E-state index contributed by atoms with van der Waals surface area (Å²) in [5, 5.41) is 22.7. The lowest BCUT2D eigenvalue weighted by Gasteiger charge is -2.48. The summed E-state index contributed by atoms with van der Waals surface area (Å²) in [5.74, 6) is -3.06. The Kier molecular flexibility index (Phi) is 17.9. The number of rotatable bonds is 14. The number of amides is 1. The van der Waals surface area contributed by atoms with Crippen LogP contribution in [0.4, 0.5) is 13.2 Å². The summed E-state index contributed by atoms with van der Waals surface area (Å²) in [6, 6.07) is 0. The van der Waals surface area contributed by atoms with Gasteiger partial charge in [-0.05, 0) is 33.6 Å². The van der Waals surface area contributed by atoms with E-state index in [9.17, 15) is 37.8 Å². The van der Waals surface area contributed by atoms with Crippen LogP contribution in [0, 0.1) is 0 Å². The number of carbonyl (C=O) groups is 3. The Hall–Kier alpha value is 0.0700. The number of hydrogen-bond donors (Lipinski definition) is 3. The van der Waals surface area contributed by atoms with E-state index in [1.807, 2.05) is 27.9 Å². The van der Waals surface area contributed by atoms with Crippen molar-refractivity contribution in [2.24, 2.45) is 0 Å². The van der Waals surface area contributed by atoms with E-state index in [1.54, 1.807) is 20.8 Å². The second-order valence-electron chi connectivity index (χ2n) is 12.3. The standard InChI is InChI=1S/C30H45F3I3NO13/c1-12-20(40)21(41)17(34)27(44-12)50-25-19(36)28(46-13(2)22(25)47-15(4)38)49-23-14(3)45-26(18(35)24(23)48-16(5)39)43-11-9-7-6-8-10-37-29(42)30(31,32)33/h12-14,17-28,40-41H,6-11H2,1-5H3,(H,37,42)/t12-,13-,14-,17+,18+,19+,20-,21-,22-,23-,24-,25-,26+,27-,28-/m0/s1. The Morgan fingerprint density at radius 2 is 1.18 bits per heavy atom. The molecule has 0 aliphatic carbocycles. The van der Waals surface area contributed by atoms with E-state index < -0.39 is 110 Å². The molecule has 3 N–H and O–H groups in total. The molecule has 3 saturated heterocycles. The largest absolute Gasteiger partial charge is 0.471 e. The van der Waals surface area contributed by atoms with Gasteiger partial charge < -0.3 is 53.4 Å². The van der Waals surface area contributed by atoms with Crippen LogP contribution in [0.1, 0.15) is 60.3 Å². The Labute approximate surface area is 329 Å². The molecule has 290 valence electrons. The van der Waals surface area contributed by atoms with Crippen LogP contribution in [0.3, 0.4) is 0 Å². The van der Waals surface area contributed by atoms with Crippen molar-refractivity contribution < 1.29 is 75.7 Å². The summed E-state index contributed by atoms with van der Waals surface area (Å²) in [6.07, 6.45) is -13.2. The molecule has 15 atom stereocenters. The lowest BCUT2D eigenvalue weighted by molar-refractivity contribution is -0.324. The minimum atomic E-state index is -4.90. The van der Waals surface area contributed by atoms with Crippen LogP contribution in [0.25, 0.3) is 0 Å². The Morgan fingerprint density at radius 3 is 1.80 bits per heavy atom. The second kappa shape index (κ2) is 20.1. The van der Waals surface area contributed by atoms with Crippen molar-refractivity contribution in [1.29, 1.82) is 0 Å². The molecule has 3 aliphatic rings. The molecule has 0 saturated carbocycles. The maximum Gasteiger partial charge on any atom is 0.471 e. The zero-order chi connectivity index (χ0) is 37.5. The van der Waals surface area contributed by atoms with Crippen LogP contribution < -0.4 is 5.32 Å². The molecule has 0 spiro atoms. The lowest BCUT2D eigenvalue weighted by atomic mass is 9.99. The molecule has 0 aromatic carbocycles. The number of hydrogen-bond acceptors (Lipinski definition) is 13. The van der Waals surface area contributed by atoms with Crippen molar-refractivity contribution >= 4 is 85.6 Å². The first-order chi connectivity index (χ1) is 23.3. The van der Waals surface area contributed by atoms with Gasteiger partial charge in [-0.2, -0.15) is 13.2 Å². The van der Waals surface area contributed by atoms with E-state index >= 15 is 0 Å². The summed E-state index contributed by atoms with van der Waals surface area (Å²) in [6.45, 7) is 7.78. The van der Waals surface area contributed by atoms with Gasteiger partial charge in [0.15, 0.2) is 25.0 Å². The fourth-order valence-corrected chi connectivity index (χ4v) is 8.30. The minimum Gasteiger partial charge on any atom is -0.458 e. The smallest absolute Gasteiger partial charge is 0.458 e. The minimum absolute atomic E-state index is 0.0812. The SMILES string of the molecule is CC(=O)O[C@@H]1[C@@H](O[C@@H]2O[C@@H](C)[C@H](O)[C@@H](O)[C@H]2I)[C@@H](I)[C@H](O[C@@H]2[C@@H](OC(C)=O)[C@@H](I)[C@H](OCCCCCCNC(=O)C(F)(F)F)O[C@H]2C)O[C@H]1C. The van der Waals surface area contributed by atoms with Gasteiger partial charge in [0.05, 0.1) is 32.3 Å². The van der Waals surface area contributed by atoms with Crippen LogP contribution >= 0.6 is 67.8 Å². The van der Waals surface area contributed by atoms with Gasteiger partial charge in [-0.1, -0.05) is 80.6 Å². The summed E-state index contributed by atoms with van der Waals surface area (Å²) in [4.78, 5) is 35.2. The number of carbonyl (C=O) groups excluding carboxylic acids is 3. The molecule has 3 fully saturated rings. The van der Waals surface area contributed by atoms with Crippen molar-refractivity contribution in [2.45, 2.75) is 152 Å². The van der Waals surface area contributed by atoms with Crippen molar-refractivity contribution in [3.05, 3.63) is 0 Å². The van der Waals surface area contributed by atoms with Gasteiger partial charge >= 0.3 is 24.0 Å². The van der Waals surface area contributed by atoms with Crippen molar-refractivity contribution in [2.75, 3.05) is 13.2 Å². The predicted octanol–water partition coefficient (Wildman–Crippen LogP) is 3.24. The molecule has 50 heavy (non-hydrogen) atoms. The first-order valence-electron chi connectivity index (χ1n) is 16.2. The summed E-state index contributed by atoms with van der Waals surface area (Å²) >= 11 is 6.09. The molecule has 0 bridgehead atoms. The highest BCUT2D eigenvalue weighted by atomic mass is 127. The number of aliphatic hydroxyl groups is 2. The number of unbranched alkanes of at least 4 members (excludes halogenated alkanes) is 3. The van der Waals surface area contributed by atoms with Crippen LogP contribution in [-0.2, 0) is 52.3 Å². The number of halogens is 6. The van der Waals surface area contributed by atoms with Crippen LogP contribution in [0.2, 0.25) is 0 Å². The normalized spacial score (nSPS) is 39.4. The van der Waals surface area contributed by atoms with E-state index in [0.717, 1.165) is 0 Å². The molecule has 20 heteroatoms. The highest BCUT2D eigenvalue weighted by Crippen LogP contribution is 2.39. The van der Waals surface area contributed by atoms with Gasteiger partial charge in [0, 0.05) is 27.0 Å². The third-order valence-electron chi connectivity index (χ3n) is 8.27. The van der Waals surface area contributed by atoms with Crippen LogP contribution in [-0.4, -0.2) is 133 Å². The van der Waals surface area contributed by atoms with Gasteiger partial charge in [-0.15, -0.1) is 0 Å². The van der Waals surface area contributed by atoms with E-state index in [2.05, 4.69) is 45.2 Å². The number of aliphatic hydroxyl groups excluding tert-OH is 2. The second-order valence-corrected chi connectivity index (χ2v) is 16.6. The Morgan fingerprint density at radius 1 is 0.680 bits per heavy atom. The maximum atomic E-state index is 12.3. The van der Waals surface area contributed by atoms with Gasteiger partial charge in [-0.3, -0.25) is 14.4 Å². The van der Waals surface area contributed by atoms with E-state index in [-0.39, 0.29) is 13.2 Å². The molecule has 0 aromatic heterocycles. The van der Waals surface area contributed by atoms with Gasteiger partial charge in [0.1, 0.15) is 28.3 Å². The highest BCUT2D eigenvalue weighted by molar-refractivity contribution is 14.1. The zero-order valence-electron chi connectivity index (χ0n) is 28.1. The fourth-order valence-electron chi connectivity index (χ4n) is 5.68. The molecular formula is C30H45F3I3NO13. The molecule has 3 aliphatic heterocycles. The number of alkyl halides is 6.